The summed E-state index contributed by atoms with van der Waals surface area (Å²) in [6.07, 6.45) is 1.79. The lowest BCUT2D eigenvalue weighted by Gasteiger charge is -2.08. The number of anilines is 1. The number of nitrogens with zero attached hydrogens (tertiary/aromatic N) is 4. The number of hydrogen-bond acceptors (Lipinski definition) is 3. The summed E-state index contributed by atoms with van der Waals surface area (Å²) in [5.74, 6) is -0.248. The summed E-state index contributed by atoms with van der Waals surface area (Å²) in [6.45, 7) is 2.43. The van der Waals surface area contributed by atoms with Crippen LogP contribution in [0.3, 0.4) is 0 Å². The molecule has 0 saturated carbocycles. The van der Waals surface area contributed by atoms with Gasteiger partial charge in [-0.15, -0.1) is 0 Å². The predicted molar refractivity (Wildman–Crippen MR) is 122 cm³/mol. The fourth-order valence-electron chi connectivity index (χ4n) is 3.95. The van der Waals surface area contributed by atoms with Crippen molar-refractivity contribution in [2.75, 3.05) is 5.32 Å². The Hall–Kier alpha value is -4.13. The third-order valence-corrected chi connectivity index (χ3v) is 5.43. The van der Waals surface area contributed by atoms with Crippen LogP contribution in [0.2, 0.25) is 0 Å². The number of benzene rings is 3. The number of rotatable bonds is 5. The summed E-state index contributed by atoms with van der Waals surface area (Å²) < 4.78 is 5.19. The van der Waals surface area contributed by atoms with Crippen LogP contribution >= 0.6 is 0 Å². The van der Waals surface area contributed by atoms with Crippen LogP contribution < -0.4 is 11.0 Å². The van der Waals surface area contributed by atoms with Crippen molar-refractivity contribution in [2.45, 2.75) is 20.0 Å². The van der Waals surface area contributed by atoms with Crippen molar-refractivity contribution in [1.82, 2.24) is 18.7 Å². The lowest BCUT2D eigenvalue weighted by atomic mass is 10.2. The Labute approximate surface area is 178 Å². The summed E-state index contributed by atoms with van der Waals surface area (Å²) in [7, 11) is 0. The summed E-state index contributed by atoms with van der Waals surface area (Å²) in [5.41, 5.74) is 4.98. The first-order chi connectivity index (χ1) is 15.2. The molecule has 0 aliphatic carbocycles. The Morgan fingerprint density at radius 1 is 0.871 bits per heavy atom. The van der Waals surface area contributed by atoms with Gasteiger partial charge in [0, 0.05) is 17.9 Å². The van der Waals surface area contributed by atoms with Crippen molar-refractivity contribution in [3.63, 3.8) is 0 Å². The van der Waals surface area contributed by atoms with Crippen LogP contribution in [0.25, 0.3) is 27.8 Å². The van der Waals surface area contributed by atoms with E-state index >= 15 is 0 Å². The molecule has 0 radical (unpaired) electrons. The Kier molecular flexibility index (Phi) is 4.63. The Morgan fingerprint density at radius 3 is 2.23 bits per heavy atom. The van der Waals surface area contributed by atoms with E-state index < -0.39 is 0 Å². The molecule has 2 heterocycles. The highest BCUT2D eigenvalue weighted by Gasteiger charge is 2.14. The predicted octanol–water partition coefficient (Wildman–Crippen LogP) is 3.80. The molecule has 0 saturated heterocycles. The third-order valence-electron chi connectivity index (χ3n) is 5.43. The van der Waals surface area contributed by atoms with Gasteiger partial charge in [-0.3, -0.25) is 18.5 Å². The van der Waals surface area contributed by atoms with Gasteiger partial charge >= 0.3 is 5.69 Å². The van der Waals surface area contributed by atoms with E-state index in [0.29, 0.717) is 12.2 Å². The van der Waals surface area contributed by atoms with Crippen molar-refractivity contribution in [3.8, 4) is 5.69 Å². The highest BCUT2D eigenvalue weighted by molar-refractivity contribution is 5.91. The number of amides is 1. The molecule has 0 unspecified atom stereocenters. The molecule has 7 heteroatoms. The van der Waals surface area contributed by atoms with Crippen molar-refractivity contribution < 1.29 is 4.79 Å². The maximum atomic E-state index is 12.7. The number of nitrogens with one attached hydrogen (secondary N) is 1. The first kappa shape index (κ1) is 18.9. The van der Waals surface area contributed by atoms with E-state index in [1.807, 2.05) is 84.3 Å². The fraction of sp³-hybridized carbons (Fsp3) is 0.125. The molecule has 3 aromatic carbocycles. The minimum absolute atomic E-state index is 0.0414. The fourth-order valence-corrected chi connectivity index (χ4v) is 3.95. The second-order valence-corrected chi connectivity index (χ2v) is 7.30. The number of carbonyl (C=O) groups is 1. The van der Waals surface area contributed by atoms with Gasteiger partial charge in [-0.25, -0.2) is 9.78 Å². The first-order valence-corrected chi connectivity index (χ1v) is 10.2. The zero-order valence-electron chi connectivity index (χ0n) is 17.0. The normalized spacial score (nSPS) is 11.3. The van der Waals surface area contributed by atoms with E-state index in [1.165, 1.54) is 4.57 Å². The Balaban J connectivity index is 1.37. The molecular formula is C24H21N5O2. The van der Waals surface area contributed by atoms with Gasteiger partial charge in [0.25, 0.3) is 0 Å². The van der Waals surface area contributed by atoms with Gasteiger partial charge in [-0.2, -0.15) is 0 Å². The molecule has 7 nitrogen and oxygen atoms in total. The van der Waals surface area contributed by atoms with Crippen molar-refractivity contribution in [3.05, 3.63) is 89.6 Å². The number of carbonyl (C=O) groups excluding carboxylic acids is 1. The Morgan fingerprint density at radius 2 is 1.52 bits per heavy atom. The molecule has 0 spiro atoms. The number of hydrogen-bond donors (Lipinski definition) is 1. The zero-order valence-corrected chi connectivity index (χ0v) is 17.0. The van der Waals surface area contributed by atoms with E-state index in [0.717, 1.165) is 27.8 Å². The number of aromatic nitrogens is 4. The van der Waals surface area contributed by atoms with Crippen LogP contribution in [0.15, 0.2) is 83.9 Å². The maximum Gasteiger partial charge on any atom is 0.329 e. The number of aryl methyl sites for hydroxylation is 1. The molecule has 5 rings (SSSR count). The molecule has 0 bridgehead atoms. The van der Waals surface area contributed by atoms with Crippen LogP contribution in [0.5, 0.6) is 0 Å². The smallest absolute Gasteiger partial charge is 0.325 e. The highest BCUT2D eigenvalue weighted by atomic mass is 16.2. The van der Waals surface area contributed by atoms with Crippen LogP contribution in [0.1, 0.15) is 6.92 Å². The van der Waals surface area contributed by atoms with Crippen molar-refractivity contribution in [1.29, 1.82) is 0 Å². The topological polar surface area (TPSA) is 73.8 Å². The van der Waals surface area contributed by atoms with Crippen LogP contribution in [0.4, 0.5) is 5.69 Å². The minimum Gasteiger partial charge on any atom is -0.325 e. The second-order valence-electron chi connectivity index (χ2n) is 7.30. The minimum atomic E-state index is -0.248. The van der Waals surface area contributed by atoms with E-state index in [-0.39, 0.29) is 18.1 Å². The van der Waals surface area contributed by atoms with E-state index in [4.69, 9.17) is 0 Å². The summed E-state index contributed by atoms with van der Waals surface area (Å²) in [5, 5.41) is 2.89. The van der Waals surface area contributed by atoms with Gasteiger partial charge in [0.2, 0.25) is 5.91 Å². The highest BCUT2D eigenvalue weighted by Crippen LogP contribution is 2.20. The molecule has 2 aromatic heterocycles. The molecular weight excluding hydrogens is 390 g/mol. The molecule has 154 valence electrons. The maximum absolute atomic E-state index is 12.7. The number of fused-ring (bicyclic) bond motifs is 2. The molecule has 31 heavy (non-hydrogen) atoms. The van der Waals surface area contributed by atoms with Gasteiger partial charge in [0.1, 0.15) is 12.9 Å². The van der Waals surface area contributed by atoms with E-state index in [1.54, 1.807) is 10.9 Å². The van der Waals surface area contributed by atoms with Gasteiger partial charge in [-0.05, 0) is 55.5 Å². The van der Waals surface area contributed by atoms with E-state index in [2.05, 4.69) is 10.3 Å². The summed E-state index contributed by atoms with van der Waals surface area (Å²) in [4.78, 5) is 29.8. The molecule has 1 N–H and O–H groups in total. The van der Waals surface area contributed by atoms with E-state index in [9.17, 15) is 9.59 Å². The molecule has 1 amide bonds. The third kappa shape index (κ3) is 3.30. The Bertz CT molecular complexity index is 1460. The monoisotopic (exact) mass is 411 g/mol. The van der Waals surface area contributed by atoms with Crippen LogP contribution in [0, 0.1) is 0 Å². The molecule has 5 aromatic rings. The average molecular weight is 411 g/mol. The summed E-state index contributed by atoms with van der Waals surface area (Å²) >= 11 is 0. The quantitative estimate of drug-likeness (QED) is 0.478. The molecule has 0 aliphatic rings. The number of para-hydroxylation sites is 4. The largest absolute Gasteiger partial charge is 0.329 e. The van der Waals surface area contributed by atoms with Crippen molar-refractivity contribution in [2.24, 2.45) is 0 Å². The van der Waals surface area contributed by atoms with Gasteiger partial charge in [-0.1, -0.05) is 24.3 Å². The standard InChI is InChI=1S/C24H21N5O2/c1-2-27-21-9-5-6-10-22(21)28(24(27)31)15-23(30)26-17-11-13-18(14-12-17)29-16-25-19-7-3-4-8-20(19)29/h3-14,16H,2,15H2,1H3,(H,26,30). The molecule has 0 aliphatic heterocycles. The number of imidazole rings is 2. The zero-order chi connectivity index (χ0) is 21.4. The van der Waals surface area contributed by atoms with Crippen LogP contribution in [-0.4, -0.2) is 24.6 Å². The summed E-state index contributed by atoms with van der Waals surface area (Å²) in [6, 6.07) is 23.0. The lowest BCUT2D eigenvalue weighted by molar-refractivity contribution is -0.116. The molecule has 0 atom stereocenters. The lowest BCUT2D eigenvalue weighted by Crippen LogP contribution is -2.29. The second kappa shape index (κ2) is 7.60. The van der Waals surface area contributed by atoms with Crippen molar-refractivity contribution >= 4 is 33.7 Å². The average Bonchev–Trinajstić information content (AvgIpc) is 3.34. The van der Waals surface area contributed by atoms with Gasteiger partial charge in [0.15, 0.2) is 0 Å². The SMILES string of the molecule is CCn1c(=O)n(CC(=O)Nc2ccc(-n3cnc4ccccc43)cc2)c2ccccc21. The molecule has 0 fully saturated rings. The van der Waals surface area contributed by atoms with Gasteiger partial charge in [0.05, 0.1) is 22.1 Å². The van der Waals surface area contributed by atoms with Gasteiger partial charge < -0.3 is 5.32 Å². The first-order valence-electron chi connectivity index (χ1n) is 10.2. The van der Waals surface area contributed by atoms with Crippen LogP contribution in [-0.2, 0) is 17.9 Å².